The molecule has 0 saturated carbocycles. The van der Waals surface area contributed by atoms with Crippen LogP contribution in [0.3, 0.4) is 0 Å². The van der Waals surface area contributed by atoms with Gasteiger partial charge in [-0.05, 0) is 30.4 Å². The number of nitrogens with zero attached hydrogens (tertiary/aromatic N) is 4. The summed E-state index contributed by atoms with van der Waals surface area (Å²) in [5.74, 6) is 0.671. The van der Waals surface area contributed by atoms with Crippen LogP contribution in [0.25, 0.3) is 0 Å². The third-order valence-corrected chi connectivity index (χ3v) is 4.12. The summed E-state index contributed by atoms with van der Waals surface area (Å²) in [6, 6.07) is 4.17. The SMILES string of the molecule is c1cncc(CN(CCCn2ccnc2)C[C@@H]2CCOC2)c1. The van der Waals surface area contributed by atoms with Crippen LogP contribution in [0.2, 0.25) is 0 Å². The molecule has 2 aromatic heterocycles. The summed E-state index contributed by atoms with van der Waals surface area (Å²) in [6.07, 6.45) is 11.9. The van der Waals surface area contributed by atoms with E-state index in [2.05, 4.69) is 25.5 Å². The highest BCUT2D eigenvalue weighted by Gasteiger charge is 2.19. The largest absolute Gasteiger partial charge is 0.381 e. The lowest BCUT2D eigenvalue weighted by atomic mass is 10.1. The summed E-state index contributed by atoms with van der Waals surface area (Å²) in [6.45, 7) is 6.01. The molecule has 2 aromatic rings. The van der Waals surface area contributed by atoms with Crippen LogP contribution in [-0.4, -0.2) is 45.7 Å². The minimum Gasteiger partial charge on any atom is -0.381 e. The number of imidazole rings is 1. The third kappa shape index (κ3) is 4.64. The fourth-order valence-corrected chi connectivity index (χ4v) is 2.97. The molecule has 1 aliphatic rings. The van der Waals surface area contributed by atoms with Crippen molar-refractivity contribution >= 4 is 0 Å². The monoisotopic (exact) mass is 300 g/mol. The van der Waals surface area contributed by atoms with E-state index < -0.39 is 0 Å². The zero-order chi connectivity index (χ0) is 15.0. The Morgan fingerprint density at radius 3 is 3.05 bits per heavy atom. The predicted octanol–water partition coefficient (Wildman–Crippen LogP) is 2.21. The number of aromatic nitrogens is 3. The summed E-state index contributed by atoms with van der Waals surface area (Å²) >= 11 is 0. The molecule has 0 unspecified atom stereocenters. The molecule has 22 heavy (non-hydrogen) atoms. The Balaban J connectivity index is 1.52. The predicted molar refractivity (Wildman–Crippen MR) is 85.3 cm³/mol. The quantitative estimate of drug-likeness (QED) is 0.749. The third-order valence-electron chi connectivity index (χ3n) is 4.12. The van der Waals surface area contributed by atoms with Gasteiger partial charge in [-0.15, -0.1) is 0 Å². The molecule has 0 spiro atoms. The zero-order valence-corrected chi connectivity index (χ0v) is 13.0. The van der Waals surface area contributed by atoms with Crippen LogP contribution in [0.5, 0.6) is 0 Å². The molecule has 0 N–H and O–H groups in total. The van der Waals surface area contributed by atoms with Crippen molar-refractivity contribution in [2.75, 3.05) is 26.3 Å². The van der Waals surface area contributed by atoms with Crippen LogP contribution < -0.4 is 0 Å². The number of aryl methyl sites for hydroxylation is 1. The van der Waals surface area contributed by atoms with E-state index in [4.69, 9.17) is 4.74 Å². The Morgan fingerprint density at radius 1 is 1.32 bits per heavy atom. The molecule has 3 heterocycles. The molecular formula is C17H24N4O. The number of hydrogen-bond acceptors (Lipinski definition) is 4. The Hall–Kier alpha value is -1.72. The first-order valence-electron chi connectivity index (χ1n) is 8.05. The smallest absolute Gasteiger partial charge is 0.0945 e. The maximum absolute atomic E-state index is 5.52. The molecule has 3 rings (SSSR count). The van der Waals surface area contributed by atoms with Crippen LogP contribution in [-0.2, 0) is 17.8 Å². The van der Waals surface area contributed by atoms with E-state index in [-0.39, 0.29) is 0 Å². The molecule has 1 fully saturated rings. The molecule has 0 amide bonds. The van der Waals surface area contributed by atoms with Crippen molar-refractivity contribution in [3.05, 3.63) is 48.8 Å². The fraction of sp³-hybridized carbons (Fsp3) is 0.529. The number of pyridine rings is 1. The summed E-state index contributed by atoms with van der Waals surface area (Å²) in [5.41, 5.74) is 1.28. The van der Waals surface area contributed by atoms with Crippen molar-refractivity contribution in [3.63, 3.8) is 0 Å². The van der Waals surface area contributed by atoms with Crippen LogP contribution in [0.15, 0.2) is 43.2 Å². The van der Waals surface area contributed by atoms with Gasteiger partial charge in [-0.3, -0.25) is 9.88 Å². The van der Waals surface area contributed by atoms with Gasteiger partial charge in [-0.1, -0.05) is 6.07 Å². The second-order valence-electron chi connectivity index (χ2n) is 5.98. The Bertz CT molecular complexity index is 523. The highest BCUT2D eigenvalue weighted by Crippen LogP contribution is 2.16. The Morgan fingerprint density at radius 2 is 2.32 bits per heavy atom. The topological polar surface area (TPSA) is 43.2 Å². The summed E-state index contributed by atoms with van der Waals surface area (Å²) in [5, 5.41) is 0. The van der Waals surface area contributed by atoms with E-state index in [1.807, 2.05) is 37.2 Å². The van der Waals surface area contributed by atoms with Gasteiger partial charge < -0.3 is 9.30 Å². The van der Waals surface area contributed by atoms with E-state index in [9.17, 15) is 0 Å². The molecule has 0 radical (unpaired) electrons. The first kappa shape index (κ1) is 15.2. The summed E-state index contributed by atoms with van der Waals surface area (Å²) in [4.78, 5) is 10.9. The molecule has 5 heteroatoms. The highest BCUT2D eigenvalue weighted by molar-refractivity contribution is 5.08. The van der Waals surface area contributed by atoms with Crippen molar-refractivity contribution in [1.82, 2.24) is 19.4 Å². The fourth-order valence-electron chi connectivity index (χ4n) is 2.97. The van der Waals surface area contributed by atoms with E-state index >= 15 is 0 Å². The van der Waals surface area contributed by atoms with E-state index in [1.54, 1.807) is 0 Å². The number of rotatable bonds is 8. The number of ether oxygens (including phenoxy) is 1. The van der Waals surface area contributed by atoms with Gasteiger partial charge in [0, 0.05) is 57.6 Å². The van der Waals surface area contributed by atoms with Crippen molar-refractivity contribution in [3.8, 4) is 0 Å². The average molecular weight is 300 g/mol. The lowest BCUT2D eigenvalue weighted by Gasteiger charge is -2.25. The molecular weight excluding hydrogens is 276 g/mol. The van der Waals surface area contributed by atoms with Crippen LogP contribution in [0.4, 0.5) is 0 Å². The van der Waals surface area contributed by atoms with Gasteiger partial charge in [0.15, 0.2) is 0 Å². The van der Waals surface area contributed by atoms with Gasteiger partial charge in [0.1, 0.15) is 0 Å². The zero-order valence-electron chi connectivity index (χ0n) is 13.0. The van der Waals surface area contributed by atoms with Gasteiger partial charge in [-0.25, -0.2) is 4.98 Å². The van der Waals surface area contributed by atoms with E-state index in [0.717, 1.165) is 45.8 Å². The molecule has 0 aliphatic carbocycles. The van der Waals surface area contributed by atoms with Crippen LogP contribution in [0.1, 0.15) is 18.4 Å². The van der Waals surface area contributed by atoms with E-state index in [0.29, 0.717) is 5.92 Å². The lowest BCUT2D eigenvalue weighted by molar-refractivity contribution is 0.163. The summed E-state index contributed by atoms with van der Waals surface area (Å²) < 4.78 is 7.66. The van der Waals surface area contributed by atoms with Gasteiger partial charge in [0.05, 0.1) is 12.9 Å². The maximum atomic E-state index is 5.52. The Kier molecular flexibility index (Phi) is 5.56. The molecule has 1 aliphatic heterocycles. The average Bonchev–Trinajstić information content (AvgIpc) is 3.22. The normalized spacial score (nSPS) is 18.1. The van der Waals surface area contributed by atoms with Gasteiger partial charge in [-0.2, -0.15) is 0 Å². The van der Waals surface area contributed by atoms with E-state index in [1.165, 1.54) is 12.0 Å². The molecule has 118 valence electrons. The Labute approximate surface area is 131 Å². The molecule has 1 saturated heterocycles. The molecule has 0 bridgehead atoms. The summed E-state index contributed by atoms with van der Waals surface area (Å²) in [7, 11) is 0. The standard InChI is InChI=1S/C17H24N4O/c1-3-16(11-18-5-1)12-21(13-17-4-10-22-14-17)8-2-7-20-9-6-19-15-20/h1,3,5-6,9,11,15,17H,2,4,7-8,10,12-14H2/t17-/m0/s1. The van der Waals surface area contributed by atoms with Gasteiger partial charge >= 0.3 is 0 Å². The van der Waals surface area contributed by atoms with Crippen molar-refractivity contribution in [2.45, 2.75) is 25.9 Å². The molecule has 5 nitrogen and oxygen atoms in total. The molecule has 1 atom stereocenters. The minimum absolute atomic E-state index is 0.671. The highest BCUT2D eigenvalue weighted by atomic mass is 16.5. The second kappa shape index (κ2) is 8.06. The van der Waals surface area contributed by atoms with Gasteiger partial charge in [0.2, 0.25) is 0 Å². The van der Waals surface area contributed by atoms with Crippen LogP contribution in [0, 0.1) is 5.92 Å². The maximum Gasteiger partial charge on any atom is 0.0945 e. The van der Waals surface area contributed by atoms with Crippen molar-refractivity contribution in [2.24, 2.45) is 5.92 Å². The lowest BCUT2D eigenvalue weighted by Crippen LogP contribution is -2.31. The minimum atomic E-state index is 0.671. The molecule has 0 aromatic carbocycles. The van der Waals surface area contributed by atoms with Gasteiger partial charge in [0.25, 0.3) is 0 Å². The number of hydrogen-bond donors (Lipinski definition) is 0. The van der Waals surface area contributed by atoms with Crippen LogP contribution >= 0.6 is 0 Å². The first-order valence-corrected chi connectivity index (χ1v) is 8.05. The first-order chi connectivity index (χ1) is 10.9. The van der Waals surface area contributed by atoms with Crippen molar-refractivity contribution in [1.29, 1.82) is 0 Å². The second-order valence-corrected chi connectivity index (χ2v) is 5.98. The van der Waals surface area contributed by atoms with Crippen molar-refractivity contribution < 1.29 is 4.74 Å².